The molecule has 0 spiro atoms. The maximum Gasteiger partial charge on any atom is 0.303 e. The van der Waals surface area contributed by atoms with Crippen LogP contribution in [-0.2, 0) is 10.2 Å². The molecular weight excluding hydrogens is 505 g/mol. The van der Waals surface area contributed by atoms with E-state index >= 15 is 0 Å². The second-order valence-electron chi connectivity index (χ2n) is 8.11. The van der Waals surface area contributed by atoms with Crippen LogP contribution in [0, 0.1) is 3.57 Å². The van der Waals surface area contributed by atoms with E-state index in [9.17, 15) is 15.0 Å². The molecule has 4 rings (SSSR count). The Labute approximate surface area is 193 Å². The lowest BCUT2D eigenvalue weighted by molar-refractivity contribution is -0.137. The number of aromatic hydroxyl groups is 1. The van der Waals surface area contributed by atoms with Gasteiger partial charge in [0, 0.05) is 9.49 Å². The Morgan fingerprint density at radius 3 is 2.45 bits per heavy atom. The summed E-state index contributed by atoms with van der Waals surface area (Å²) in [4.78, 5) is 13.2. The highest BCUT2D eigenvalue weighted by atomic mass is 127. The van der Waals surface area contributed by atoms with Gasteiger partial charge < -0.3 is 10.2 Å². The minimum absolute atomic E-state index is 0.0327. The van der Waals surface area contributed by atoms with Gasteiger partial charge in [0.1, 0.15) is 22.5 Å². The minimum atomic E-state index is -0.874. The van der Waals surface area contributed by atoms with Crippen molar-refractivity contribution >= 4 is 39.6 Å². The quantitative estimate of drug-likeness (QED) is 0.334. The van der Waals surface area contributed by atoms with Crippen molar-refractivity contribution in [3.05, 3.63) is 81.4 Å². The van der Waals surface area contributed by atoms with Gasteiger partial charge in [-0.05, 0) is 69.5 Å². The van der Waals surface area contributed by atoms with E-state index in [0.717, 1.165) is 25.7 Å². The van der Waals surface area contributed by atoms with E-state index in [1.807, 2.05) is 62.4 Å². The number of halogens is 1. The van der Waals surface area contributed by atoms with Gasteiger partial charge in [-0.15, -0.1) is 15.0 Å². The minimum Gasteiger partial charge on any atom is -0.506 e. The maximum atomic E-state index is 11.8. The zero-order valence-electron chi connectivity index (χ0n) is 17.2. The highest BCUT2D eigenvalue weighted by Crippen LogP contribution is 2.42. The Morgan fingerprint density at radius 1 is 1.03 bits per heavy atom. The highest BCUT2D eigenvalue weighted by Gasteiger charge is 2.34. The lowest BCUT2D eigenvalue weighted by Crippen LogP contribution is -2.29. The largest absolute Gasteiger partial charge is 0.506 e. The molecule has 0 aliphatic carbocycles. The van der Waals surface area contributed by atoms with Crippen LogP contribution < -0.4 is 0 Å². The number of benzene rings is 3. The van der Waals surface area contributed by atoms with Gasteiger partial charge in [0.05, 0.1) is 6.42 Å². The van der Waals surface area contributed by atoms with E-state index < -0.39 is 11.4 Å². The first-order valence-electron chi connectivity index (χ1n) is 9.89. The summed E-state index contributed by atoms with van der Waals surface area (Å²) in [6, 6.07) is 20.8. The van der Waals surface area contributed by atoms with Crippen LogP contribution in [0.15, 0.2) is 66.7 Å². The fourth-order valence-electron chi connectivity index (χ4n) is 3.95. The molecule has 0 radical (unpaired) electrons. The van der Waals surface area contributed by atoms with Gasteiger partial charge in [-0.1, -0.05) is 50.2 Å². The van der Waals surface area contributed by atoms with Crippen molar-refractivity contribution in [2.45, 2.75) is 31.6 Å². The number of hydrogen-bond acceptors (Lipinski definition) is 4. The van der Waals surface area contributed by atoms with Crippen LogP contribution in [0.3, 0.4) is 0 Å². The summed E-state index contributed by atoms with van der Waals surface area (Å²) in [5, 5.41) is 29.2. The molecule has 3 aromatic carbocycles. The van der Waals surface area contributed by atoms with E-state index in [4.69, 9.17) is 0 Å². The van der Waals surface area contributed by atoms with Crippen LogP contribution in [0.4, 0.5) is 0 Å². The van der Waals surface area contributed by atoms with Crippen molar-refractivity contribution in [2.75, 3.05) is 0 Å². The molecule has 2 N–H and O–H groups in total. The van der Waals surface area contributed by atoms with Gasteiger partial charge in [0.2, 0.25) is 0 Å². The summed E-state index contributed by atoms with van der Waals surface area (Å²) in [7, 11) is 0. The van der Waals surface area contributed by atoms with Crippen LogP contribution in [0.25, 0.3) is 16.7 Å². The van der Waals surface area contributed by atoms with Crippen molar-refractivity contribution in [3.8, 4) is 11.4 Å². The fourth-order valence-corrected chi connectivity index (χ4v) is 4.42. The summed E-state index contributed by atoms with van der Waals surface area (Å²) in [5.41, 5.74) is 3.27. The maximum absolute atomic E-state index is 11.8. The molecule has 0 amide bonds. The van der Waals surface area contributed by atoms with Gasteiger partial charge in [0.25, 0.3) is 0 Å². The molecule has 7 heteroatoms. The second-order valence-corrected chi connectivity index (χ2v) is 9.35. The zero-order valence-corrected chi connectivity index (χ0v) is 19.3. The highest BCUT2D eigenvalue weighted by molar-refractivity contribution is 14.1. The molecule has 0 aliphatic rings. The first kappa shape index (κ1) is 21.3. The second kappa shape index (κ2) is 8.30. The van der Waals surface area contributed by atoms with Crippen molar-refractivity contribution < 1.29 is 15.0 Å². The number of carboxylic acid groups (broad SMARTS) is 1. The SMILES string of the molecule is CC(C)(c1ccccc1)C(CC(=O)O)c1ccc(O)c(-n2nc3ccc(I)cc3n2)c1. The normalized spacial score (nSPS) is 12.7. The van der Waals surface area contributed by atoms with Crippen LogP contribution in [0.1, 0.15) is 37.3 Å². The number of aliphatic carboxylic acids is 1. The zero-order chi connectivity index (χ0) is 22.2. The third-order valence-corrected chi connectivity index (χ3v) is 6.40. The third kappa shape index (κ3) is 4.27. The molecule has 0 bridgehead atoms. The molecular formula is C24H22IN3O3. The number of rotatable bonds is 6. The molecule has 158 valence electrons. The number of phenolic OH excluding ortho intramolecular Hbond substituents is 1. The van der Waals surface area contributed by atoms with Gasteiger partial charge >= 0.3 is 5.97 Å². The van der Waals surface area contributed by atoms with Gasteiger partial charge in [-0.3, -0.25) is 4.79 Å². The Morgan fingerprint density at radius 2 is 1.74 bits per heavy atom. The lowest BCUT2D eigenvalue weighted by Gasteiger charge is -2.35. The van der Waals surface area contributed by atoms with Crippen molar-refractivity contribution in [3.63, 3.8) is 0 Å². The van der Waals surface area contributed by atoms with Crippen LogP contribution >= 0.6 is 22.6 Å². The third-order valence-electron chi connectivity index (χ3n) is 5.73. The molecule has 0 fully saturated rings. The number of phenols is 1. The molecule has 31 heavy (non-hydrogen) atoms. The standard InChI is InChI=1S/C24H22IN3O3/c1-24(2,16-6-4-3-5-7-16)18(14-23(30)31)15-8-11-22(29)21(12-15)28-26-19-10-9-17(25)13-20(19)27-28/h3-13,18,29H,14H2,1-2H3,(H,30,31). The van der Waals surface area contributed by atoms with Crippen molar-refractivity contribution in [1.82, 2.24) is 15.0 Å². The number of nitrogens with zero attached hydrogens (tertiary/aromatic N) is 3. The summed E-state index contributed by atoms with van der Waals surface area (Å²) in [6.45, 7) is 4.09. The molecule has 0 aliphatic heterocycles. The summed E-state index contributed by atoms with van der Waals surface area (Å²) >= 11 is 2.22. The number of fused-ring (bicyclic) bond motifs is 1. The number of hydrogen-bond donors (Lipinski definition) is 2. The van der Waals surface area contributed by atoms with Crippen LogP contribution in [0.2, 0.25) is 0 Å². The Bertz CT molecular complexity index is 1250. The van der Waals surface area contributed by atoms with Gasteiger partial charge in [-0.2, -0.15) is 0 Å². The summed E-state index contributed by atoms with van der Waals surface area (Å²) in [5.74, 6) is -1.16. The molecule has 1 atom stereocenters. The predicted molar refractivity (Wildman–Crippen MR) is 128 cm³/mol. The molecule has 1 heterocycles. The monoisotopic (exact) mass is 527 g/mol. The Kier molecular flexibility index (Phi) is 5.70. The molecule has 0 saturated heterocycles. The lowest BCUT2D eigenvalue weighted by atomic mass is 9.69. The van der Waals surface area contributed by atoms with E-state index in [2.05, 4.69) is 32.8 Å². The van der Waals surface area contributed by atoms with Crippen LogP contribution in [0.5, 0.6) is 5.75 Å². The molecule has 0 saturated carbocycles. The average Bonchev–Trinajstić information content (AvgIpc) is 3.16. The van der Waals surface area contributed by atoms with E-state index in [1.54, 1.807) is 18.2 Å². The topological polar surface area (TPSA) is 88.2 Å². The molecule has 4 aromatic rings. The molecule has 1 unspecified atom stereocenters. The number of carboxylic acids is 1. The first-order chi connectivity index (χ1) is 14.8. The first-order valence-corrected chi connectivity index (χ1v) is 11.0. The predicted octanol–water partition coefficient (Wildman–Crippen LogP) is 5.27. The van der Waals surface area contributed by atoms with E-state index in [1.165, 1.54) is 4.80 Å². The van der Waals surface area contributed by atoms with E-state index in [-0.39, 0.29) is 18.1 Å². The summed E-state index contributed by atoms with van der Waals surface area (Å²) < 4.78 is 1.04. The summed E-state index contributed by atoms with van der Waals surface area (Å²) in [6.07, 6.45) is -0.0428. The molecule has 1 aromatic heterocycles. The van der Waals surface area contributed by atoms with Gasteiger partial charge in [-0.25, -0.2) is 0 Å². The van der Waals surface area contributed by atoms with E-state index in [0.29, 0.717) is 5.69 Å². The van der Waals surface area contributed by atoms with Crippen molar-refractivity contribution in [1.29, 1.82) is 0 Å². The molecule has 6 nitrogen and oxygen atoms in total. The van der Waals surface area contributed by atoms with Crippen molar-refractivity contribution in [2.24, 2.45) is 0 Å². The smallest absolute Gasteiger partial charge is 0.303 e. The Balaban J connectivity index is 1.82. The van der Waals surface area contributed by atoms with Gasteiger partial charge in [0.15, 0.2) is 0 Å². The average molecular weight is 527 g/mol. The number of carbonyl (C=O) groups is 1. The fraction of sp³-hybridized carbons (Fsp3) is 0.208. The van der Waals surface area contributed by atoms with Crippen LogP contribution in [-0.4, -0.2) is 31.2 Å². The Hall–Kier alpha value is -2.94. The number of aromatic nitrogens is 3.